The molecule has 1 aliphatic heterocycles. The molecule has 4 aromatic rings. The number of nitrogens with one attached hydrogen (secondary N) is 3. The average Bonchev–Trinajstić information content (AvgIpc) is 3.39. The Bertz CT molecular complexity index is 1330. The molecule has 0 saturated carbocycles. The molecular weight excluding hydrogens is 416 g/mol. The summed E-state index contributed by atoms with van der Waals surface area (Å²) in [6.07, 6.45) is 1.78. The van der Waals surface area contributed by atoms with Crippen molar-refractivity contribution in [1.82, 2.24) is 15.3 Å². The Balaban J connectivity index is 1.37. The van der Waals surface area contributed by atoms with Crippen molar-refractivity contribution < 1.29 is 4.79 Å². The monoisotopic (exact) mass is 434 g/mol. The van der Waals surface area contributed by atoms with Crippen molar-refractivity contribution in [1.29, 1.82) is 0 Å². The molecule has 5 rings (SSSR count). The number of amides is 1. The van der Waals surface area contributed by atoms with Crippen LogP contribution in [0.1, 0.15) is 19.4 Å². The number of thiazole rings is 2. The standard InChI is InChI=1S/C21H18N6OS2/c1-11(2)23-21-26-15-6-4-13(9-18(15)30-21)24-20-25-16(19(28)27-20)7-12-3-5-14-17(8-12)29-10-22-14/h3-11H,1-2H3,(H,23,26)(H2,24,25,27,28)/b16-7-. The van der Waals surface area contributed by atoms with Gasteiger partial charge in [0.2, 0.25) is 5.96 Å². The quantitative estimate of drug-likeness (QED) is 0.406. The summed E-state index contributed by atoms with van der Waals surface area (Å²) < 4.78 is 2.14. The summed E-state index contributed by atoms with van der Waals surface area (Å²) in [5.41, 5.74) is 5.82. The van der Waals surface area contributed by atoms with Crippen LogP contribution in [0.25, 0.3) is 26.5 Å². The topological polar surface area (TPSA) is 91.3 Å². The second kappa shape index (κ2) is 7.51. The van der Waals surface area contributed by atoms with Gasteiger partial charge in [0, 0.05) is 11.7 Å². The van der Waals surface area contributed by atoms with Gasteiger partial charge < -0.3 is 10.6 Å². The fourth-order valence-electron chi connectivity index (χ4n) is 3.09. The molecule has 0 spiro atoms. The van der Waals surface area contributed by atoms with Crippen LogP contribution in [0.2, 0.25) is 0 Å². The minimum atomic E-state index is -0.232. The van der Waals surface area contributed by atoms with Gasteiger partial charge in [-0.3, -0.25) is 10.1 Å². The number of hydrogen-bond acceptors (Lipinski definition) is 8. The molecule has 0 bridgehead atoms. The number of aromatic nitrogens is 2. The number of carbonyl (C=O) groups is 1. The normalized spacial score (nSPS) is 15.2. The highest BCUT2D eigenvalue weighted by Gasteiger charge is 2.20. The third-order valence-corrected chi connectivity index (χ3v) is 6.16. The number of hydrogen-bond donors (Lipinski definition) is 3. The Labute approximate surface area is 180 Å². The number of nitrogens with zero attached hydrogens (tertiary/aromatic N) is 3. The summed E-state index contributed by atoms with van der Waals surface area (Å²) >= 11 is 3.17. The van der Waals surface area contributed by atoms with Crippen LogP contribution in [0.3, 0.4) is 0 Å². The third kappa shape index (κ3) is 3.77. The predicted octanol–water partition coefficient (Wildman–Crippen LogP) is 4.67. The highest BCUT2D eigenvalue weighted by molar-refractivity contribution is 7.22. The van der Waals surface area contributed by atoms with Crippen molar-refractivity contribution in [2.75, 3.05) is 10.6 Å². The second-order valence-corrected chi connectivity index (χ2v) is 9.07. The number of rotatable bonds is 4. The number of guanidine groups is 1. The lowest BCUT2D eigenvalue weighted by Crippen LogP contribution is -2.29. The molecule has 150 valence electrons. The van der Waals surface area contributed by atoms with Crippen molar-refractivity contribution in [3.8, 4) is 0 Å². The molecule has 2 aromatic carbocycles. The Morgan fingerprint density at radius 3 is 2.83 bits per heavy atom. The first-order valence-electron chi connectivity index (χ1n) is 9.43. The summed E-state index contributed by atoms with van der Waals surface area (Å²) in [6, 6.07) is 12.1. The molecule has 9 heteroatoms. The van der Waals surface area contributed by atoms with Crippen molar-refractivity contribution in [2.24, 2.45) is 4.99 Å². The Hall–Kier alpha value is -3.30. The van der Waals surface area contributed by atoms with Gasteiger partial charge in [-0.1, -0.05) is 17.4 Å². The van der Waals surface area contributed by atoms with Gasteiger partial charge in [0.1, 0.15) is 5.70 Å². The number of anilines is 2. The van der Waals surface area contributed by atoms with Crippen LogP contribution in [-0.2, 0) is 4.79 Å². The molecule has 0 unspecified atom stereocenters. The van der Waals surface area contributed by atoms with Crippen LogP contribution >= 0.6 is 22.7 Å². The van der Waals surface area contributed by atoms with Gasteiger partial charge in [-0.15, -0.1) is 11.3 Å². The summed E-state index contributed by atoms with van der Waals surface area (Å²) in [4.78, 5) is 25.6. The van der Waals surface area contributed by atoms with Crippen molar-refractivity contribution in [3.05, 3.63) is 53.2 Å². The van der Waals surface area contributed by atoms with Gasteiger partial charge in [0.25, 0.3) is 5.91 Å². The Kier molecular flexibility index (Phi) is 4.68. The SMILES string of the molecule is CC(C)Nc1nc2ccc(NC3=N/C(=C\c4ccc5ncsc5c4)C(=O)N3)cc2s1. The molecule has 1 amide bonds. The van der Waals surface area contributed by atoms with E-state index in [0.29, 0.717) is 17.7 Å². The van der Waals surface area contributed by atoms with Crippen LogP contribution in [0.15, 0.2) is 52.6 Å². The van der Waals surface area contributed by atoms with E-state index in [-0.39, 0.29) is 5.91 Å². The molecule has 7 nitrogen and oxygen atoms in total. The van der Waals surface area contributed by atoms with Gasteiger partial charge in [-0.2, -0.15) is 0 Å². The van der Waals surface area contributed by atoms with Crippen molar-refractivity contribution in [3.63, 3.8) is 0 Å². The number of aliphatic imine (C=N–C) groups is 1. The first-order chi connectivity index (χ1) is 14.5. The second-order valence-electron chi connectivity index (χ2n) is 7.15. The van der Waals surface area contributed by atoms with Crippen LogP contribution < -0.4 is 16.0 Å². The lowest BCUT2D eigenvalue weighted by molar-refractivity contribution is -0.115. The molecule has 3 N–H and O–H groups in total. The van der Waals surface area contributed by atoms with Crippen LogP contribution in [0.5, 0.6) is 0 Å². The van der Waals surface area contributed by atoms with Gasteiger partial charge in [-0.05, 0) is 55.8 Å². The van der Waals surface area contributed by atoms with E-state index in [0.717, 1.165) is 36.8 Å². The fraction of sp³-hybridized carbons (Fsp3) is 0.143. The highest BCUT2D eigenvalue weighted by Crippen LogP contribution is 2.29. The predicted molar refractivity (Wildman–Crippen MR) is 125 cm³/mol. The van der Waals surface area contributed by atoms with Crippen LogP contribution in [-0.4, -0.2) is 27.9 Å². The number of benzene rings is 2. The van der Waals surface area contributed by atoms with E-state index >= 15 is 0 Å². The van der Waals surface area contributed by atoms with E-state index in [1.165, 1.54) is 0 Å². The Morgan fingerprint density at radius 2 is 1.97 bits per heavy atom. The average molecular weight is 435 g/mol. The van der Waals surface area contributed by atoms with Crippen molar-refractivity contribution >= 4 is 71.9 Å². The van der Waals surface area contributed by atoms with E-state index in [2.05, 4.69) is 44.8 Å². The molecule has 2 aromatic heterocycles. The fourth-order valence-corrected chi connectivity index (χ4v) is 4.87. The largest absolute Gasteiger partial charge is 0.359 e. The van der Waals surface area contributed by atoms with E-state index in [4.69, 9.17) is 0 Å². The number of fused-ring (bicyclic) bond motifs is 2. The van der Waals surface area contributed by atoms with Gasteiger partial charge in [-0.25, -0.2) is 15.0 Å². The summed E-state index contributed by atoms with van der Waals surface area (Å²) in [6.45, 7) is 4.17. The van der Waals surface area contributed by atoms with Gasteiger partial charge >= 0.3 is 0 Å². The van der Waals surface area contributed by atoms with Crippen molar-refractivity contribution in [2.45, 2.75) is 19.9 Å². The molecule has 30 heavy (non-hydrogen) atoms. The molecular formula is C21H18N6OS2. The zero-order valence-electron chi connectivity index (χ0n) is 16.3. The minimum Gasteiger partial charge on any atom is -0.359 e. The molecule has 1 aliphatic rings. The summed E-state index contributed by atoms with van der Waals surface area (Å²) in [5, 5.41) is 10.2. The minimum absolute atomic E-state index is 0.232. The summed E-state index contributed by atoms with van der Waals surface area (Å²) in [5.74, 6) is 0.179. The van der Waals surface area contributed by atoms with E-state index in [1.807, 2.05) is 41.9 Å². The van der Waals surface area contributed by atoms with E-state index < -0.39 is 0 Å². The third-order valence-electron chi connectivity index (χ3n) is 4.42. The highest BCUT2D eigenvalue weighted by atomic mass is 32.1. The lowest BCUT2D eigenvalue weighted by Gasteiger charge is -2.04. The van der Waals surface area contributed by atoms with E-state index in [9.17, 15) is 4.79 Å². The molecule has 0 radical (unpaired) electrons. The number of carbonyl (C=O) groups excluding carboxylic acids is 1. The van der Waals surface area contributed by atoms with Crippen LogP contribution in [0, 0.1) is 0 Å². The van der Waals surface area contributed by atoms with E-state index in [1.54, 1.807) is 28.7 Å². The van der Waals surface area contributed by atoms with Gasteiger partial charge in [0.15, 0.2) is 5.13 Å². The first-order valence-corrected chi connectivity index (χ1v) is 11.1. The zero-order chi connectivity index (χ0) is 20.7. The van der Waals surface area contributed by atoms with Crippen LogP contribution in [0.4, 0.5) is 10.8 Å². The smallest absolute Gasteiger partial charge is 0.276 e. The Morgan fingerprint density at radius 1 is 1.10 bits per heavy atom. The molecule has 0 atom stereocenters. The molecule has 0 saturated heterocycles. The lowest BCUT2D eigenvalue weighted by atomic mass is 10.2. The molecule has 0 fully saturated rings. The molecule has 0 aliphatic carbocycles. The maximum absolute atomic E-state index is 12.4. The maximum atomic E-state index is 12.4. The van der Waals surface area contributed by atoms with Gasteiger partial charge in [0.05, 0.1) is 25.9 Å². The first kappa shape index (κ1) is 18.7. The zero-order valence-corrected chi connectivity index (χ0v) is 17.9. The maximum Gasteiger partial charge on any atom is 0.276 e. The summed E-state index contributed by atoms with van der Waals surface area (Å²) in [7, 11) is 0. The molecule has 3 heterocycles.